The fraction of sp³-hybridized carbons (Fsp3) is 0.448. The van der Waals surface area contributed by atoms with Crippen molar-refractivity contribution in [2.75, 3.05) is 20.3 Å². The fourth-order valence-corrected chi connectivity index (χ4v) is 4.58. The van der Waals surface area contributed by atoms with E-state index in [0.717, 1.165) is 28.0 Å². The summed E-state index contributed by atoms with van der Waals surface area (Å²) < 4.78 is 11.2. The fourth-order valence-electron chi connectivity index (χ4n) is 4.58. The van der Waals surface area contributed by atoms with Gasteiger partial charge in [0.05, 0.1) is 24.8 Å². The van der Waals surface area contributed by atoms with Crippen LogP contribution in [0.25, 0.3) is 5.76 Å². The molecule has 1 fully saturated rings. The van der Waals surface area contributed by atoms with Crippen LogP contribution in [0.2, 0.25) is 0 Å². The highest BCUT2D eigenvalue weighted by Crippen LogP contribution is 2.41. The zero-order chi connectivity index (χ0) is 25.9. The van der Waals surface area contributed by atoms with Crippen LogP contribution in [-0.4, -0.2) is 48.1 Å². The van der Waals surface area contributed by atoms with Crippen LogP contribution < -0.4 is 4.74 Å². The Hall–Kier alpha value is -3.12. The molecule has 1 atom stereocenters. The molecule has 2 aromatic carbocycles. The van der Waals surface area contributed by atoms with E-state index in [-0.39, 0.29) is 23.4 Å². The molecule has 1 unspecified atom stereocenters. The molecule has 6 nitrogen and oxygen atoms in total. The van der Waals surface area contributed by atoms with E-state index in [1.165, 1.54) is 0 Å². The van der Waals surface area contributed by atoms with Crippen LogP contribution in [0.4, 0.5) is 0 Å². The second kappa shape index (κ2) is 11.1. The summed E-state index contributed by atoms with van der Waals surface area (Å²) in [7, 11) is 1.62. The molecular weight excluding hydrogens is 442 g/mol. The number of rotatable bonds is 9. The van der Waals surface area contributed by atoms with E-state index < -0.39 is 17.7 Å². The highest BCUT2D eigenvalue weighted by Gasteiger charge is 2.46. The van der Waals surface area contributed by atoms with Gasteiger partial charge in [0, 0.05) is 18.7 Å². The second-order valence-electron chi connectivity index (χ2n) is 9.74. The maximum atomic E-state index is 13.3. The average molecular weight is 480 g/mol. The van der Waals surface area contributed by atoms with Gasteiger partial charge in [0.1, 0.15) is 11.5 Å². The molecule has 0 bridgehead atoms. The lowest BCUT2D eigenvalue weighted by Crippen LogP contribution is -2.31. The van der Waals surface area contributed by atoms with E-state index in [1.807, 2.05) is 77.9 Å². The number of nitrogens with zero attached hydrogens (tertiary/aromatic N) is 1. The van der Waals surface area contributed by atoms with E-state index in [0.29, 0.717) is 25.1 Å². The highest BCUT2D eigenvalue weighted by molar-refractivity contribution is 6.46. The zero-order valence-corrected chi connectivity index (χ0v) is 21.8. The van der Waals surface area contributed by atoms with Gasteiger partial charge in [0.2, 0.25) is 0 Å². The molecule has 0 aromatic heterocycles. The predicted molar refractivity (Wildman–Crippen MR) is 138 cm³/mol. The number of ketones is 1. The first-order valence-corrected chi connectivity index (χ1v) is 12.2. The molecule has 1 heterocycles. The molecule has 0 radical (unpaired) electrons. The molecule has 0 saturated carbocycles. The lowest BCUT2D eigenvalue weighted by molar-refractivity contribution is -0.140. The predicted octanol–water partition coefficient (Wildman–Crippen LogP) is 5.67. The van der Waals surface area contributed by atoms with Crippen LogP contribution in [0.3, 0.4) is 0 Å². The average Bonchev–Trinajstić information content (AvgIpc) is 3.05. The van der Waals surface area contributed by atoms with Crippen molar-refractivity contribution in [1.29, 1.82) is 0 Å². The first kappa shape index (κ1) is 26.5. The van der Waals surface area contributed by atoms with Crippen molar-refractivity contribution in [3.8, 4) is 5.75 Å². The number of aliphatic hydroxyl groups excluding tert-OH is 1. The van der Waals surface area contributed by atoms with Gasteiger partial charge < -0.3 is 19.5 Å². The number of ether oxygens (including phenoxy) is 2. The van der Waals surface area contributed by atoms with Gasteiger partial charge in [-0.2, -0.15) is 0 Å². The van der Waals surface area contributed by atoms with Gasteiger partial charge in [0.15, 0.2) is 0 Å². The molecule has 1 aliphatic rings. The third-order valence-electron chi connectivity index (χ3n) is 6.35. The van der Waals surface area contributed by atoms with E-state index >= 15 is 0 Å². The molecule has 2 aromatic rings. The molecule has 188 valence electrons. The summed E-state index contributed by atoms with van der Waals surface area (Å²) in [6.45, 7) is 12.7. The van der Waals surface area contributed by atoms with Gasteiger partial charge >= 0.3 is 0 Å². The number of Topliss-reactive ketones (excluding diaryl/α,β-unsaturated/α-hetero) is 1. The molecule has 6 heteroatoms. The molecule has 1 amide bonds. The molecule has 0 spiro atoms. The summed E-state index contributed by atoms with van der Waals surface area (Å²) in [4.78, 5) is 28.1. The normalized spacial score (nSPS) is 17.6. The van der Waals surface area contributed by atoms with Crippen molar-refractivity contribution < 1.29 is 24.2 Å². The van der Waals surface area contributed by atoms with Crippen molar-refractivity contribution in [3.63, 3.8) is 0 Å². The number of hydrogen-bond acceptors (Lipinski definition) is 5. The minimum atomic E-state index is -0.669. The van der Waals surface area contributed by atoms with Crippen molar-refractivity contribution >= 4 is 17.4 Å². The standard InChI is InChI=1S/C29H37NO5/c1-17(2)22-16-23(20(6)15-24(22)34-7)27(31)25-26(21-11-8-10-19(5)14-21)30(29(33)28(25)32)12-9-13-35-18(3)4/h8,10-11,14-18,26,31H,9,12-13H2,1-7H3/b27-25+. The third-order valence-corrected chi connectivity index (χ3v) is 6.35. The summed E-state index contributed by atoms with van der Waals surface area (Å²) in [5, 5.41) is 11.5. The Morgan fingerprint density at radius 2 is 1.80 bits per heavy atom. The molecule has 1 aliphatic heterocycles. The van der Waals surface area contributed by atoms with Crippen LogP contribution in [0.15, 0.2) is 42.0 Å². The maximum absolute atomic E-state index is 13.3. The van der Waals surface area contributed by atoms with E-state index in [2.05, 4.69) is 0 Å². The van der Waals surface area contributed by atoms with Crippen molar-refractivity contribution in [1.82, 2.24) is 4.90 Å². The van der Waals surface area contributed by atoms with Gasteiger partial charge in [-0.1, -0.05) is 43.7 Å². The van der Waals surface area contributed by atoms with E-state index in [9.17, 15) is 14.7 Å². The SMILES string of the molecule is COc1cc(C)c(/C(O)=C2\C(=O)C(=O)N(CCCOC(C)C)C2c2cccc(C)c2)cc1C(C)C. The summed E-state index contributed by atoms with van der Waals surface area (Å²) in [6.07, 6.45) is 0.679. The molecule has 35 heavy (non-hydrogen) atoms. The van der Waals surface area contributed by atoms with Gasteiger partial charge in [-0.3, -0.25) is 9.59 Å². The first-order valence-electron chi connectivity index (χ1n) is 12.2. The Bertz CT molecular complexity index is 1130. The Kier molecular flexibility index (Phi) is 8.39. The number of carbonyl (C=O) groups is 2. The third kappa shape index (κ3) is 5.59. The van der Waals surface area contributed by atoms with Crippen LogP contribution in [0.1, 0.15) is 73.9 Å². The molecular formula is C29H37NO5. The number of amides is 1. The van der Waals surface area contributed by atoms with E-state index in [4.69, 9.17) is 9.47 Å². The Morgan fingerprint density at radius 1 is 1.09 bits per heavy atom. The minimum Gasteiger partial charge on any atom is -0.507 e. The highest BCUT2D eigenvalue weighted by atomic mass is 16.5. The van der Waals surface area contributed by atoms with Crippen LogP contribution in [0, 0.1) is 13.8 Å². The number of aliphatic hydroxyl groups is 1. The van der Waals surface area contributed by atoms with Crippen LogP contribution >= 0.6 is 0 Å². The molecule has 3 rings (SSSR count). The Labute approximate surface area is 208 Å². The minimum absolute atomic E-state index is 0.0891. The number of hydrogen-bond donors (Lipinski definition) is 1. The Balaban J connectivity index is 2.15. The lowest BCUT2D eigenvalue weighted by Gasteiger charge is -2.26. The first-order chi connectivity index (χ1) is 16.6. The van der Waals surface area contributed by atoms with Gasteiger partial charge in [-0.25, -0.2) is 0 Å². The van der Waals surface area contributed by atoms with Crippen molar-refractivity contribution in [2.45, 2.75) is 66.0 Å². The topological polar surface area (TPSA) is 76.1 Å². The van der Waals surface area contributed by atoms with Gasteiger partial charge in [-0.05, 0) is 68.9 Å². The summed E-state index contributed by atoms with van der Waals surface area (Å²) in [6, 6.07) is 10.8. The molecule has 1 saturated heterocycles. The van der Waals surface area contributed by atoms with Crippen LogP contribution in [0.5, 0.6) is 5.75 Å². The number of methoxy groups -OCH3 is 1. The summed E-state index contributed by atoms with van der Waals surface area (Å²) in [5.74, 6) is -0.543. The van der Waals surface area contributed by atoms with Gasteiger partial charge in [0.25, 0.3) is 11.7 Å². The number of carbonyl (C=O) groups excluding carboxylic acids is 2. The zero-order valence-electron chi connectivity index (χ0n) is 21.8. The summed E-state index contributed by atoms with van der Waals surface area (Å²) >= 11 is 0. The van der Waals surface area contributed by atoms with Crippen molar-refractivity contribution in [3.05, 3.63) is 69.8 Å². The largest absolute Gasteiger partial charge is 0.507 e. The molecule has 0 aliphatic carbocycles. The number of benzene rings is 2. The van der Waals surface area contributed by atoms with E-state index in [1.54, 1.807) is 12.0 Å². The van der Waals surface area contributed by atoms with Crippen LogP contribution in [-0.2, 0) is 14.3 Å². The second-order valence-corrected chi connectivity index (χ2v) is 9.74. The number of aryl methyl sites for hydroxylation is 2. The maximum Gasteiger partial charge on any atom is 0.295 e. The quantitative estimate of drug-likeness (QED) is 0.217. The molecule has 1 N–H and O–H groups in total. The monoisotopic (exact) mass is 479 g/mol. The van der Waals surface area contributed by atoms with Crippen molar-refractivity contribution in [2.24, 2.45) is 0 Å². The number of likely N-dealkylation sites (tertiary alicyclic amines) is 1. The lowest BCUT2D eigenvalue weighted by atomic mass is 9.90. The Morgan fingerprint density at radius 3 is 2.40 bits per heavy atom. The summed E-state index contributed by atoms with van der Waals surface area (Å²) in [5.41, 5.74) is 4.15. The smallest absolute Gasteiger partial charge is 0.295 e. The van der Waals surface area contributed by atoms with Gasteiger partial charge in [-0.15, -0.1) is 0 Å².